The first-order valence-corrected chi connectivity index (χ1v) is 7.28. The molecule has 2 heterocycles. The Bertz CT molecular complexity index is 691. The molecule has 1 amide bonds. The van der Waals surface area contributed by atoms with Crippen molar-refractivity contribution in [1.82, 2.24) is 15.2 Å². The Kier molecular flexibility index (Phi) is 2.70. The summed E-state index contributed by atoms with van der Waals surface area (Å²) in [5.41, 5.74) is 1.99. The minimum absolute atomic E-state index is 0.126. The van der Waals surface area contributed by atoms with Crippen LogP contribution in [0.1, 0.15) is 35.2 Å². The quantitative estimate of drug-likeness (QED) is 0.912. The summed E-state index contributed by atoms with van der Waals surface area (Å²) in [6, 6.07) is 7.94. The number of nitrogens with zero attached hydrogens (tertiary/aromatic N) is 4. The van der Waals surface area contributed by atoms with Crippen LogP contribution in [0.5, 0.6) is 0 Å². The zero-order valence-electron chi connectivity index (χ0n) is 11.9. The highest BCUT2D eigenvalue weighted by Crippen LogP contribution is 2.38. The van der Waals surface area contributed by atoms with Gasteiger partial charge in [-0.25, -0.2) is 4.98 Å². The van der Waals surface area contributed by atoms with Gasteiger partial charge in [-0.05, 0) is 25.0 Å². The Morgan fingerprint density at radius 3 is 2.76 bits per heavy atom. The zero-order chi connectivity index (χ0) is 14.4. The Balaban J connectivity index is 1.66. The van der Waals surface area contributed by atoms with E-state index in [-0.39, 0.29) is 11.7 Å². The van der Waals surface area contributed by atoms with Crippen LogP contribution in [0.15, 0.2) is 24.3 Å². The van der Waals surface area contributed by atoms with Gasteiger partial charge in [0.25, 0.3) is 5.91 Å². The number of aromatic amines is 1. The number of likely N-dealkylation sites (N-methyl/N-ethyl adjacent to an activating group) is 1. The van der Waals surface area contributed by atoms with Gasteiger partial charge in [-0.1, -0.05) is 12.1 Å². The van der Waals surface area contributed by atoms with Gasteiger partial charge >= 0.3 is 0 Å². The number of nitrogens with one attached hydrogen (secondary N) is 1. The molecule has 2 aromatic rings. The lowest BCUT2D eigenvalue weighted by atomic mass is 10.1. The summed E-state index contributed by atoms with van der Waals surface area (Å²) in [5.74, 6) is 1.47. The maximum absolute atomic E-state index is 12.7. The third kappa shape index (κ3) is 2.07. The molecule has 0 saturated heterocycles. The molecule has 21 heavy (non-hydrogen) atoms. The molecule has 4 rings (SSSR count). The van der Waals surface area contributed by atoms with E-state index in [9.17, 15) is 4.79 Å². The van der Waals surface area contributed by atoms with Crippen molar-refractivity contribution in [1.29, 1.82) is 0 Å². The van der Waals surface area contributed by atoms with Gasteiger partial charge in [0.05, 0.1) is 11.4 Å². The van der Waals surface area contributed by atoms with Crippen LogP contribution < -0.4 is 9.80 Å². The Hall–Kier alpha value is -2.37. The van der Waals surface area contributed by atoms with Crippen LogP contribution in [-0.4, -0.2) is 41.2 Å². The van der Waals surface area contributed by atoms with Crippen LogP contribution in [0.3, 0.4) is 0 Å². The monoisotopic (exact) mass is 283 g/mol. The van der Waals surface area contributed by atoms with Crippen molar-refractivity contribution >= 4 is 17.3 Å². The van der Waals surface area contributed by atoms with E-state index in [1.54, 1.807) is 4.90 Å². The largest absolute Gasteiger partial charge is 0.371 e. The lowest BCUT2D eigenvalue weighted by molar-refractivity contribution is 0.0977. The Morgan fingerprint density at radius 1 is 1.24 bits per heavy atom. The molecule has 0 spiro atoms. The molecule has 1 saturated carbocycles. The van der Waals surface area contributed by atoms with E-state index in [2.05, 4.69) is 20.1 Å². The molecular formula is C15H17N5O. The van der Waals surface area contributed by atoms with E-state index in [1.807, 2.05) is 31.3 Å². The predicted molar refractivity (Wildman–Crippen MR) is 79.7 cm³/mol. The van der Waals surface area contributed by atoms with E-state index in [4.69, 9.17) is 0 Å². The summed E-state index contributed by atoms with van der Waals surface area (Å²) in [6.07, 6.45) is 2.28. The highest BCUT2D eigenvalue weighted by atomic mass is 16.2. The van der Waals surface area contributed by atoms with Gasteiger partial charge in [0.2, 0.25) is 5.82 Å². The van der Waals surface area contributed by atoms with Crippen LogP contribution in [0.4, 0.5) is 11.4 Å². The normalized spacial score (nSPS) is 17.8. The molecular weight excluding hydrogens is 266 g/mol. The van der Waals surface area contributed by atoms with Gasteiger partial charge in [-0.2, -0.15) is 0 Å². The molecule has 108 valence electrons. The summed E-state index contributed by atoms with van der Waals surface area (Å²) in [5, 5.41) is 7.00. The molecule has 0 atom stereocenters. The average molecular weight is 283 g/mol. The lowest BCUT2D eigenvalue weighted by Gasteiger charge is -2.35. The average Bonchev–Trinajstić information content (AvgIpc) is 3.25. The summed E-state index contributed by atoms with van der Waals surface area (Å²) in [4.78, 5) is 21.0. The fraction of sp³-hybridized carbons (Fsp3) is 0.400. The fourth-order valence-corrected chi connectivity index (χ4v) is 2.75. The number of amides is 1. The first-order chi connectivity index (χ1) is 10.2. The standard InChI is InChI=1S/C15H17N5O/c1-19-8-9-20(12-5-3-2-4-11(12)19)15(21)14-16-13(17-18-14)10-6-7-10/h2-5,10H,6-9H2,1H3,(H,16,17,18). The molecule has 1 fully saturated rings. The minimum atomic E-state index is -0.126. The van der Waals surface area contributed by atoms with Gasteiger partial charge in [0.15, 0.2) is 0 Å². The number of carbonyl (C=O) groups is 1. The Labute approximate surface area is 122 Å². The third-order valence-corrected chi connectivity index (χ3v) is 4.15. The van der Waals surface area contributed by atoms with Gasteiger partial charge in [-0.3, -0.25) is 9.89 Å². The van der Waals surface area contributed by atoms with Crippen LogP contribution in [0.2, 0.25) is 0 Å². The fourth-order valence-electron chi connectivity index (χ4n) is 2.75. The van der Waals surface area contributed by atoms with E-state index >= 15 is 0 Å². The van der Waals surface area contributed by atoms with Crippen molar-refractivity contribution in [3.8, 4) is 0 Å². The number of aromatic nitrogens is 3. The van der Waals surface area contributed by atoms with Gasteiger partial charge in [-0.15, -0.1) is 5.10 Å². The molecule has 6 nitrogen and oxygen atoms in total. The van der Waals surface area contributed by atoms with Gasteiger partial charge < -0.3 is 9.80 Å². The molecule has 1 N–H and O–H groups in total. The molecule has 0 bridgehead atoms. The highest BCUT2D eigenvalue weighted by molar-refractivity contribution is 6.06. The predicted octanol–water partition coefficient (Wildman–Crippen LogP) is 1.78. The summed E-state index contributed by atoms with van der Waals surface area (Å²) >= 11 is 0. The Morgan fingerprint density at radius 2 is 2.00 bits per heavy atom. The van der Waals surface area contributed by atoms with Crippen LogP contribution in [0.25, 0.3) is 0 Å². The molecule has 1 aromatic heterocycles. The molecule has 1 aliphatic heterocycles. The molecule has 6 heteroatoms. The van der Waals surface area contributed by atoms with Crippen molar-refractivity contribution < 1.29 is 4.79 Å². The van der Waals surface area contributed by atoms with Crippen LogP contribution >= 0.6 is 0 Å². The van der Waals surface area contributed by atoms with Gasteiger partial charge in [0.1, 0.15) is 5.82 Å². The summed E-state index contributed by atoms with van der Waals surface area (Å²) < 4.78 is 0. The summed E-state index contributed by atoms with van der Waals surface area (Å²) in [6.45, 7) is 1.46. The van der Waals surface area contributed by atoms with E-state index in [0.29, 0.717) is 12.5 Å². The minimum Gasteiger partial charge on any atom is -0.371 e. The number of hydrogen-bond donors (Lipinski definition) is 1. The zero-order valence-corrected chi connectivity index (χ0v) is 11.9. The van der Waals surface area contributed by atoms with Crippen molar-refractivity contribution in [2.24, 2.45) is 0 Å². The van der Waals surface area contributed by atoms with Crippen molar-refractivity contribution in [3.05, 3.63) is 35.9 Å². The van der Waals surface area contributed by atoms with Crippen LogP contribution in [0, 0.1) is 0 Å². The van der Waals surface area contributed by atoms with Crippen LogP contribution in [-0.2, 0) is 0 Å². The third-order valence-electron chi connectivity index (χ3n) is 4.15. The van der Waals surface area contributed by atoms with Crippen molar-refractivity contribution in [2.75, 3.05) is 29.9 Å². The van der Waals surface area contributed by atoms with E-state index in [1.165, 1.54) is 0 Å². The second-order valence-corrected chi connectivity index (χ2v) is 5.69. The van der Waals surface area contributed by atoms with Crippen molar-refractivity contribution in [3.63, 3.8) is 0 Å². The van der Waals surface area contributed by atoms with Gasteiger partial charge in [0, 0.05) is 26.1 Å². The second-order valence-electron chi connectivity index (χ2n) is 5.69. The topological polar surface area (TPSA) is 65.1 Å². The molecule has 2 aliphatic rings. The molecule has 1 aliphatic carbocycles. The number of benzene rings is 1. The SMILES string of the molecule is CN1CCN(C(=O)c2n[nH]c(C3CC3)n2)c2ccccc21. The molecule has 1 aromatic carbocycles. The first-order valence-electron chi connectivity index (χ1n) is 7.28. The maximum atomic E-state index is 12.7. The smallest absolute Gasteiger partial charge is 0.298 e. The number of fused-ring (bicyclic) bond motifs is 1. The van der Waals surface area contributed by atoms with E-state index < -0.39 is 0 Å². The maximum Gasteiger partial charge on any atom is 0.298 e. The number of H-pyrrole nitrogens is 1. The molecule has 0 radical (unpaired) electrons. The lowest BCUT2D eigenvalue weighted by Crippen LogP contribution is -2.43. The molecule has 0 unspecified atom stereocenters. The number of para-hydroxylation sites is 2. The van der Waals surface area contributed by atoms with E-state index in [0.717, 1.165) is 36.6 Å². The first kappa shape index (κ1) is 12.4. The number of anilines is 2. The number of hydrogen-bond acceptors (Lipinski definition) is 4. The van der Waals surface area contributed by atoms with Crippen molar-refractivity contribution in [2.45, 2.75) is 18.8 Å². The number of carbonyl (C=O) groups excluding carboxylic acids is 1. The summed E-state index contributed by atoms with van der Waals surface area (Å²) in [7, 11) is 2.04. The number of rotatable bonds is 2. The highest BCUT2D eigenvalue weighted by Gasteiger charge is 2.31. The second kappa shape index (κ2) is 4.58.